The van der Waals surface area contributed by atoms with Gasteiger partial charge in [-0.1, -0.05) is 0 Å². The highest BCUT2D eigenvalue weighted by atomic mass is 32.2. The van der Waals surface area contributed by atoms with E-state index in [4.69, 9.17) is 5.26 Å². The molecule has 0 aliphatic carbocycles. The van der Waals surface area contributed by atoms with Crippen LogP contribution in [0.3, 0.4) is 0 Å². The molecule has 1 heterocycles. The smallest absolute Gasteiger partial charge is 0.292 e. The van der Waals surface area contributed by atoms with Crippen molar-refractivity contribution < 1.29 is 13.3 Å². The van der Waals surface area contributed by atoms with Gasteiger partial charge in [-0.15, -0.1) is 0 Å². The van der Waals surface area contributed by atoms with Crippen molar-refractivity contribution in [3.05, 3.63) is 33.9 Å². The monoisotopic (exact) mass is 324 g/mol. The summed E-state index contributed by atoms with van der Waals surface area (Å²) in [6.45, 7) is 2.84. The number of benzene rings is 1. The second-order valence-electron chi connectivity index (χ2n) is 5.07. The van der Waals surface area contributed by atoms with E-state index in [1.165, 1.54) is 22.5 Å². The third kappa shape index (κ3) is 3.35. The molecule has 0 bridgehead atoms. The summed E-state index contributed by atoms with van der Waals surface area (Å²) < 4.78 is 24.6. The van der Waals surface area contributed by atoms with Crippen LogP contribution in [0.5, 0.6) is 0 Å². The van der Waals surface area contributed by atoms with E-state index in [1.54, 1.807) is 6.92 Å². The minimum atomic E-state index is -3.16. The van der Waals surface area contributed by atoms with Crippen LogP contribution in [0.2, 0.25) is 0 Å². The summed E-state index contributed by atoms with van der Waals surface area (Å²) in [5, 5.41) is 22.8. The van der Waals surface area contributed by atoms with Gasteiger partial charge < -0.3 is 5.32 Å². The Balaban J connectivity index is 1.99. The summed E-state index contributed by atoms with van der Waals surface area (Å²) >= 11 is 0. The van der Waals surface area contributed by atoms with Gasteiger partial charge in [-0.05, 0) is 19.1 Å². The maximum atomic E-state index is 11.6. The first-order valence-electron chi connectivity index (χ1n) is 6.77. The number of sulfonamides is 1. The van der Waals surface area contributed by atoms with Gasteiger partial charge in [0.15, 0.2) is 0 Å². The molecule has 0 saturated carbocycles. The van der Waals surface area contributed by atoms with E-state index in [9.17, 15) is 18.5 Å². The maximum Gasteiger partial charge on any atom is 0.292 e. The van der Waals surface area contributed by atoms with Crippen LogP contribution in [0, 0.1) is 27.4 Å². The van der Waals surface area contributed by atoms with Gasteiger partial charge in [0.05, 0.1) is 22.3 Å². The van der Waals surface area contributed by atoms with Crippen molar-refractivity contribution in [1.29, 1.82) is 5.26 Å². The first-order valence-corrected chi connectivity index (χ1v) is 8.38. The molecule has 22 heavy (non-hydrogen) atoms. The van der Waals surface area contributed by atoms with E-state index < -0.39 is 14.9 Å². The minimum Gasteiger partial charge on any atom is -0.379 e. The molecule has 8 nitrogen and oxygen atoms in total. The predicted molar refractivity (Wildman–Crippen MR) is 80.8 cm³/mol. The average Bonchev–Trinajstić information content (AvgIpc) is 2.44. The zero-order valence-corrected chi connectivity index (χ0v) is 12.8. The lowest BCUT2D eigenvalue weighted by molar-refractivity contribution is -0.384. The Bertz CT molecular complexity index is 720. The molecule has 0 atom stereocenters. The molecule has 0 amide bonds. The van der Waals surface area contributed by atoms with Gasteiger partial charge >= 0.3 is 0 Å². The normalized spacial score (nSPS) is 15.8. The van der Waals surface area contributed by atoms with E-state index in [2.05, 4.69) is 5.32 Å². The highest BCUT2D eigenvalue weighted by Gasteiger charge is 2.34. The Hall–Kier alpha value is -2.18. The number of nitriles is 1. The summed E-state index contributed by atoms with van der Waals surface area (Å²) in [5.41, 5.74) is 0.508. The van der Waals surface area contributed by atoms with Crippen molar-refractivity contribution in [3.63, 3.8) is 0 Å². The molecule has 1 aliphatic rings. The largest absolute Gasteiger partial charge is 0.379 e. The van der Waals surface area contributed by atoms with Gasteiger partial charge in [0.1, 0.15) is 5.69 Å². The molecule has 1 fully saturated rings. The van der Waals surface area contributed by atoms with Crippen LogP contribution >= 0.6 is 0 Å². The van der Waals surface area contributed by atoms with E-state index >= 15 is 0 Å². The zero-order valence-electron chi connectivity index (χ0n) is 12.0. The Kier molecular flexibility index (Phi) is 4.63. The topological polar surface area (TPSA) is 116 Å². The second-order valence-corrected chi connectivity index (χ2v) is 7.32. The number of hydrogen-bond donors (Lipinski definition) is 1. The van der Waals surface area contributed by atoms with Crippen molar-refractivity contribution in [1.82, 2.24) is 4.31 Å². The molecule has 0 aromatic heterocycles. The molecule has 1 N–H and O–H groups in total. The van der Waals surface area contributed by atoms with Gasteiger partial charge in [0.2, 0.25) is 10.0 Å². The van der Waals surface area contributed by atoms with E-state index in [0.29, 0.717) is 25.2 Å². The molecule has 1 aromatic carbocycles. The molecular weight excluding hydrogens is 308 g/mol. The Morgan fingerprint density at radius 2 is 2.18 bits per heavy atom. The lowest BCUT2D eigenvalue weighted by atomic mass is 10.0. The summed E-state index contributed by atoms with van der Waals surface area (Å²) in [4.78, 5) is 10.5. The minimum absolute atomic E-state index is 0.0723. The van der Waals surface area contributed by atoms with Gasteiger partial charge in [-0.3, -0.25) is 10.1 Å². The van der Waals surface area contributed by atoms with Crippen LogP contribution < -0.4 is 5.32 Å². The molecular formula is C13H16N4O4S. The van der Waals surface area contributed by atoms with Crippen LogP contribution in [0.4, 0.5) is 11.4 Å². The molecule has 1 aliphatic heterocycles. The highest BCUT2D eigenvalue weighted by Crippen LogP contribution is 2.27. The number of rotatable bonds is 6. The van der Waals surface area contributed by atoms with E-state index in [-0.39, 0.29) is 23.0 Å². The summed E-state index contributed by atoms with van der Waals surface area (Å²) in [6.07, 6.45) is 0. The fraction of sp³-hybridized carbons (Fsp3) is 0.462. The number of nitro groups is 1. The Labute approximate surface area is 128 Å². The van der Waals surface area contributed by atoms with E-state index in [1.807, 2.05) is 6.07 Å². The lowest BCUT2D eigenvalue weighted by Crippen LogP contribution is -2.52. The standard InChI is InChI=1S/C13H16N4O4S/c1-2-22(20,21)16-8-11(9-16)7-15-12-5-10(6-14)3-4-13(12)17(18)19/h3-5,11,15H,2,7-9H2,1H3. The molecule has 118 valence electrons. The molecule has 2 rings (SSSR count). The van der Waals surface area contributed by atoms with Gasteiger partial charge in [0.25, 0.3) is 5.69 Å². The molecule has 0 unspecified atom stereocenters. The van der Waals surface area contributed by atoms with Crippen molar-refractivity contribution >= 4 is 21.4 Å². The third-order valence-electron chi connectivity index (χ3n) is 3.59. The Morgan fingerprint density at radius 3 is 2.73 bits per heavy atom. The summed E-state index contributed by atoms with van der Waals surface area (Å²) in [6, 6.07) is 6.04. The van der Waals surface area contributed by atoms with E-state index in [0.717, 1.165) is 0 Å². The number of hydrogen-bond acceptors (Lipinski definition) is 6. The number of nitrogens with zero attached hydrogens (tertiary/aromatic N) is 3. The lowest BCUT2D eigenvalue weighted by Gasteiger charge is -2.38. The fourth-order valence-corrected chi connectivity index (χ4v) is 3.46. The van der Waals surface area contributed by atoms with Gasteiger partial charge in [0, 0.05) is 31.6 Å². The van der Waals surface area contributed by atoms with Crippen LogP contribution in [-0.2, 0) is 10.0 Å². The molecule has 1 saturated heterocycles. The first-order chi connectivity index (χ1) is 10.4. The van der Waals surface area contributed by atoms with Crippen LogP contribution in [0.1, 0.15) is 12.5 Å². The number of anilines is 1. The molecule has 0 radical (unpaired) electrons. The highest BCUT2D eigenvalue weighted by molar-refractivity contribution is 7.89. The Morgan fingerprint density at radius 1 is 1.50 bits per heavy atom. The van der Waals surface area contributed by atoms with Crippen molar-refractivity contribution in [3.8, 4) is 6.07 Å². The summed E-state index contributed by atoms with van der Waals surface area (Å²) in [5.74, 6) is 0.176. The quantitative estimate of drug-likeness (QED) is 0.620. The predicted octanol–water partition coefficient (Wildman–Crippen LogP) is 1.16. The van der Waals surface area contributed by atoms with Gasteiger partial charge in [-0.25, -0.2) is 12.7 Å². The number of nitrogens with one attached hydrogen (secondary N) is 1. The maximum absolute atomic E-state index is 11.6. The molecule has 0 spiro atoms. The van der Waals surface area contributed by atoms with Crippen molar-refractivity contribution in [2.75, 3.05) is 30.7 Å². The van der Waals surface area contributed by atoms with Crippen LogP contribution in [0.15, 0.2) is 18.2 Å². The molecule has 1 aromatic rings. The van der Waals surface area contributed by atoms with Crippen LogP contribution in [-0.4, -0.2) is 43.0 Å². The van der Waals surface area contributed by atoms with Crippen molar-refractivity contribution in [2.45, 2.75) is 6.92 Å². The molecule has 9 heteroatoms. The summed E-state index contributed by atoms with van der Waals surface area (Å²) in [7, 11) is -3.16. The third-order valence-corrected chi connectivity index (χ3v) is 5.40. The van der Waals surface area contributed by atoms with Gasteiger partial charge in [-0.2, -0.15) is 5.26 Å². The second kappa shape index (κ2) is 6.29. The number of nitro benzene ring substituents is 1. The average molecular weight is 324 g/mol. The zero-order chi connectivity index (χ0) is 16.3. The first kappa shape index (κ1) is 16.2. The van der Waals surface area contributed by atoms with Crippen molar-refractivity contribution in [2.24, 2.45) is 5.92 Å². The SMILES string of the molecule is CCS(=O)(=O)N1CC(CNc2cc(C#N)ccc2[N+](=O)[O-])C1. The van der Waals surface area contributed by atoms with Crippen LogP contribution in [0.25, 0.3) is 0 Å². The fourth-order valence-electron chi connectivity index (χ4n) is 2.22.